The molecule has 0 aliphatic carbocycles. The molecule has 0 amide bonds. The Morgan fingerprint density at radius 3 is 2.57 bits per heavy atom. The summed E-state index contributed by atoms with van der Waals surface area (Å²) in [5.74, 6) is -2.47. The van der Waals surface area contributed by atoms with Crippen molar-refractivity contribution in [3.8, 4) is 0 Å². The fourth-order valence-corrected chi connectivity index (χ4v) is 1.40. The Hall–Kier alpha value is -1.16. The summed E-state index contributed by atoms with van der Waals surface area (Å²) in [6.45, 7) is 1.38. The minimum atomic E-state index is -1.10. The fourth-order valence-electron chi connectivity index (χ4n) is 1.00. The molecule has 0 radical (unpaired) electrons. The van der Waals surface area contributed by atoms with E-state index in [0.29, 0.717) is 5.56 Å². The number of Topliss-reactive ketones (excluding diaryl/α,β-unsaturated/α-hetero) is 1. The monoisotopic (exact) mass is 256 g/mol. The van der Waals surface area contributed by atoms with E-state index < -0.39 is 11.9 Å². The molecule has 0 saturated carbocycles. The van der Waals surface area contributed by atoms with Crippen molar-refractivity contribution >= 4 is 27.7 Å². The van der Waals surface area contributed by atoms with Crippen molar-refractivity contribution in [1.82, 2.24) is 0 Å². The smallest absolute Gasteiger partial charge is 0.314 e. The van der Waals surface area contributed by atoms with Gasteiger partial charge in [0.15, 0.2) is 5.78 Å². The van der Waals surface area contributed by atoms with Gasteiger partial charge in [0.2, 0.25) is 0 Å². The summed E-state index contributed by atoms with van der Waals surface area (Å²) in [5.41, 5.74) is 0.411. The minimum Gasteiger partial charge on any atom is -0.481 e. The molecule has 0 aromatic heterocycles. The molecule has 74 valence electrons. The maximum atomic E-state index is 11.5. The number of carbonyl (C=O) groups is 2. The third-order valence-electron chi connectivity index (χ3n) is 1.87. The first-order valence-electron chi connectivity index (χ1n) is 4.05. The Bertz CT molecular complexity index is 373. The van der Waals surface area contributed by atoms with Crippen LogP contribution in [0.1, 0.15) is 17.3 Å². The first kappa shape index (κ1) is 10.9. The molecule has 1 aromatic rings. The molecule has 0 aliphatic rings. The summed E-state index contributed by atoms with van der Waals surface area (Å²) in [7, 11) is 0. The third-order valence-corrected chi connectivity index (χ3v) is 2.37. The first-order valence-corrected chi connectivity index (χ1v) is 4.84. The van der Waals surface area contributed by atoms with Crippen LogP contribution in [0.15, 0.2) is 28.7 Å². The highest BCUT2D eigenvalue weighted by molar-refractivity contribution is 9.10. The molecule has 0 fully saturated rings. The average Bonchev–Trinajstić information content (AvgIpc) is 2.15. The molecule has 1 rings (SSSR count). The highest BCUT2D eigenvalue weighted by Gasteiger charge is 2.21. The summed E-state index contributed by atoms with van der Waals surface area (Å²) in [6, 6.07) is 6.70. The first-order chi connectivity index (χ1) is 6.52. The lowest BCUT2D eigenvalue weighted by Crippen LogP contribution is -2.20. The van der Waals surface area contributed by atoms with Gasteiger partial charge >= 0.3 is 5.97 Å². The number of carboxylic acid groups (broad SMARTS) is 1. The van der Waals surface area contributed by atoms with E-state index in [-0.39, 0.29) is 5.78 Å². The highest BCUT2D eigenvalue weighted by atomic mass is 79.9. The molecule has 0 spiro atoms. The number of carboxylic acids is 1. The van der Waals surface area contributed by atoms with Gasteiger partial charge in [-0.25, -0.2) is 0 Å². The van der Waals surface area contributed by atoms with Crippen LogP contribution in [0.3, 0.4) is 0 Å². The largest absolute Gasteiger partial charge is 0.481 e. The van der Waals surface area contributed by atoms with Crippen LogP contribution >= 0.6 is 15.9 Å². The van der Waals surface area contributed by atoms with Gasteiger partial charge in [0.05, 0.1) is 0 Å². The standard InChI is InChI=1S/C10H9BrO3/c1-6(10(13)14)9(12)7-3-2-4-8(11)5-7/h2-6H,1H3,(H,13,14). The fraction of sp³-hybridized carbons (Fsp3) is 0.200. The molecule has 1 N–H and O–H groups in total. The van der Waals surface area contributed by atoms with Gasteiger partial charge in [-0.3, -0.25) is 9.59 Å². The Labute approximate surface area is 89.9 Å². The number of carbonyl (C=O) groups excluding carboxylic acids is 1. The Balaban J connectivity index is 2.95. The quantitative estimate of drug-likeness (QED) is 0.668. The second-order valence-electron chi connectivity index (χ2n) is 2.93. The zero-order valence-electron chi connectivity index (χ0n) is 7.53. The molecule has 14 heavy (non-hydrogen) atoms. The van der Waals surface area contributed by atoms with Gasteiger partial charge in [-0.15, -0.1) is 0 Å². The lowest BCUT2D eigenvalue weighted by molar-refractivity contribution is -0.139. The van der Waals surface area contributed by atoms with Crippen molar-refractivity contribution in [1.29, 1.82) is 0 Å². The van der Waals surface area contributed by atoms with E-state index in [9.17, 15) is 9.59 Å². The second kappa shape index (κ2) is 4.37. The lowest BCUT2D eigenvalue weighted by atomic mass is 10.00. The van der Waals surface area contributed by atoms with E-state index in [0.717, 1.165) is 4.47 Å². The molecule has 1 atom stereocenters. The van der Waals surface area contributed by atoms with Gasteiger partial charge in [0.25, 0.3) is 0 Å². The van der Waals surface area contributed by atoms with Crippen molar-refractivity contribution in [2.75, 3.05) is 0 Å². The van der Waals surface area contributed by atoms with Gasteiger partial charge in [0, 0.05) is 10.0 Å². The van der Waals surface area contributed by atoms with Crippen molar-refractivity contribution in [3.63, 3.8) is 0 Å². The molecule has 1 unspecified atom stereocenters. The van der Waals surface area contributed by atoms with Crippen molar-refractivity contribution in [3.05, 3.63) is 34.3 Å². The third kappa shape index (κ3) is 2.42. The highest BCUT2D eigenvalue weighted by Crippen LogP contribution is 2.15. The summed E-state index contributed by atoms with van der Waals surface area (Å²) >= 11 is 3.22. The molecule has 1 aromatic carbocycles. The number of halogens is 1. The lowest BCUT2D eigenvalue weighted by Gasteiger charge is -2.05. The number of hydrogen-bond acceptors (Lipinski definition) is 2. The number of rotatable bonds is 3. The van der Waals surface area contributed by atoms with Crippen LogP contribution in [0.5, 0.6) is 0 Å². The molecule has 0 saturated heterocycles. The summed E-state index contributed by atoms with van der Waals surface area (Å²) in [4.78, 5) is 22.1. The van der Waals surface area contributed by atoms with Crippen LogP contribution in [-0.2, 0) is 4.79 Å². The Morgan fingerprint density at radius 1 is 1.43 bits per heavy atom. The average molecular weight is 257 g/mol. The van der Waals surface area contributed by atoms with Gasteiger partial charge in [-0.2, -0.15) is 0 Å². The zero-order chi connectivity index (χ0) is 10.7. The number of ketones is 1. The van der Waals surface area contributed by atoms with Crippen molar-refractivity contribution in [2.45, 2.75) is 6.92 Å². The van der Waals surface area contributed by atoms with E-state index in [4.69, 9.17) is 5.11 Å². The minimum absolute atomic E-state index is 0.376. The van der Waals surface area contributed by atoms with Crippen LogP contribution in [-0.4, -0.2) is 16.9 Å². The van der Waals surface area contributed by atoms with E-state index in [1.807, 2.05) is 0 Å². The molecule has 0 aliphatic heterocycles. The Morgan fingerprint density at radius 2 is 2.07 bits per heavy atom. The normalized spacial score (nSPS) is 12.1. The number of benzene rings is 1. The zero-order valence-corrected chi connectivity index (χ0v) is 9.11. The molecular formula is C10H9BrO3. The predicted molar refractivity (Wildman–Crippen MR) is 55.3 cm³/mol. The Kier molecular flexibility index (Phi) is 3.41. The molecule has 4 heteroatoms. The van der Waals surface area contributed by atoms with Crippen LogP contribution in [0.4, 0.5) is 0 Å². The number of aliphatic carboxylic acids is 1. The SMILES string of the molecule is CC(C(=O)O)C(=O)c1cccc(Br)c1. The van der Waals surface area contributed by atoms with E-state index >= 15 is 0 Å². The maximum absolute atomic E-state index is 11.5. The van der Waals surface area contributed by atoms with Gasteiger partial charge in [0.1, 0.15) is 5.92 Å². The van der Waals surface area contributed by atoms with E-state index in [1.165, 1.54) is 6.92 Å². The van der Waals surface area contributed by atoms with Crippen LogP contribution < -0.4 is 0 Å². The number of hydrogen-bond donors (Lipinski definition) is 1. The van der Waals surface area contributed by atoms with Gasteiger partial charge in [-0.05, 0) is 19.1 Å². The van der Waals surface area contributed by atoms with Crippen molar-refractivity contribution < 1.29 is 14.7 Å². The van der Waals surface area contributed by atoms with Crippen LogP contribution in [0.25, 0.3) is 0 Å². The summed E-state index contributed by atoms with van der Waals surface area (Å²) in [5, 5.41) is 8.65. The van der Waals surface area contributed by atoms with Crippen LogP contribution in [0, 0.1) is 5.92 Å². The summed E-state index contributed by atoms with van der Waals surface area (Å²) < 4.78 is 0.765. The maximum Gasteiger partial charge on any atom is 0.314 e. The molecule has 0 heterocycles. The predicted octanol–water partition coefficient (Wildman–Crippen LogP) is 2.35. The summed E-state index contributed by atoms with van der Waals surface area (Å²) in [6.07, 6.45) is 0. The van der Waals surface area contributed by atoms with E-state index in [1.54, 1.807) is 24.3 Å². The van der Waals surface area contributed by atoms with Gasteiger partial charge in [-0.1, -0.05) is 28.1 Å². The molecule has 3 nitrogen and oxygen atoms in total. The van der Waals surface area contributed by atoms with Gasteiger partial charge < -0.3 is 5.11 Å². The van der Waals surface area contributed by atoms with Crippen LogP contribution in [0.2, 0.25) is 0 Å². The second-order valence-corrected chi connectivity index (χ2v) is 3.85. The van der Waals surface area contributed by atoms with Crippen molar-refractivity contribution in [2.24, 2.45) is 5.92 Å². The topological polar surface area (TPSA) is 54.4 Å². The van der Waals surface area contributed by atoms with E-state index in [2.05, 4.69) is 15.9 Å². The molecular weight excluding hydrogens is 248 g/mol. The molecule has 0 bridgehead atoms.